The van der Waals surface area contributed by atoms with E-state index in [0.29, 0.717) is 0 Å². The summed E-state index contributed by atoms with van der Waals surface area (Å²) < 4.78 is 0. The smallest absolute Gasteiger partial charge is 0.304 e. The van der Waals surface area contributed by atoms with Gasteiger partial charge in [0.2, 0.25) is 0 Å². The first-order valence-corrected chi connectivity index (χ1v) is 14.3. The van der Waals surface area contributed by atoms with Crippen molar-refractivity contribution in [3.63, 3.8) is 0 Å². The number of rotatable bonds is 6. The van der Waals surface area contributed by atoms with Crippen LogP contribution in [0.2, 0.25) is 0 Å². The molecule has 6 heteroatoms. The second-order valence-corrected chi connectivity index (χ2v) is 11.7. The van der Waals surface area contributed by atoms with Crippen LogP contribution in [0.3, 0.4) is 0 Å². The summed E-state index contributed by atoms with van der Waals surface area (Å²) in [5, 5.41) is 22.9. The van der Waals surface area contributed by atoms with Crippen LogP contribution in [-0.2, 0) is 20.4 Å². The first-order chi connectivity index (χ1) is 20.9. The Morgan fingerprint density at radius 3 is 1.37 bits per heavy atom. The summed E-state index contributed by atoms with van der Waals surface area (Å²) >= 11 is 0. The summed E-state index contributed by atoms with van der Waals surface area (Å²) in [6.45, 7) is 0. The summed E-state index contributed by atoms with van der Waals surface area (Å²) in [5.41, 5.74) is 6.20. The van der Waals surface area contributed by atoms with E-state index in [1.54, 1.807) is 0 Å². The van der Waals surface area contributed by atoms with Crippen LogP contribution in [0.25, 0.3) is 44.3 Å². The number of aromatic nitrogens is 2. The van der Waals surface area contributed by atoms with Crippen molar-refractivity contribution in [3.05, 3.63) is 131 Å². The third-order valence-corrected chi connectivity index (χ3v) is 9.38. The van der Waals surface area contributed by atoms with Gasteiger partial charge in [0.05, 0.1) is 35.3 Å². The van der Waals surface area contributed by atoms with Gasteiger partial charge in [0.15, 0.2) is 0 Å². The Morgan fingerprint density at radius 2 is 0.930 bits per heavy atom. The van der Waals surface area contributed by atoms with E-state index in [1.807, 2.05) is 97.1 Å². The molecular formula is C37H26N2O4. The first-order valence-electron chi connectivity index (χ1n) is 14.3. The Kier molecular flexibility index (Phi) is 5.35. The van der Waals surface area contributed by atoms with Gasteiger partial charge in [0.1, 0.15) is 0 Å². The van der Waals surface area contributed by atoms with Crippen molar-refractivity contribution in [2.75, 3.05) is 0 Å². The largest absolute Gasteiger partial charge is 0.481 e. The average Bonchev–Trinajstić information content (AvgIpc) is 3.40. The predicted octanol–water partition coefficient (Wildman–Crippen LogP) is 7.36. The molecule has 43 heavy (non-hydrogen) atoms. The van der Waals surface area contributed by atoms with E-state index < -0.39 is 22.8 Å². The molecule has 2 heterocycles. The maximum absolute atomic E-state index is 12.9. The zero-order chi connectivity index (χ0) is 29.3. The van der Waals surface area contributed by atoms with Crippen molar-refractivity contribution in [3.8, 4) is 22.5 Å². The molecule has 2 aliphatic rings. The lowest BCUT2D eigenvalue weighted by atomic mass is 9.60. The van der Waals surface area contributed by atoms with Crippen molar-refractivity contribution in [1.82, 2.24) is 9.97 Å². The number of pyridine rings is 2. The van der Waals surface area contributed by atoms with Gasteiger partial charge in [0, 0.05) is 32.7 Å². The van der Waals surface area contributed by atoms with Gasteiger partial charge in [-0.3, -0.25) is 9.59 Å². The zero-order valence-corrected chi connectivity index (χ0v) is 23.1. The summed E-state index contributed by atoms with van der Waals surface area (Å²) in [6.07, 6.45) is -0.194. The maximum Gasteiger partial charge on any atom is 0.304 e. The van der Waals surface area contributed by atoms with Gasteiger partial charge in [-0.05, 0) is 52.9 Å². The molecule has 0 fully saturated rings. The quantitative estimate of drug-likeness (QED) is 0.220. The molecule has 6 nitrogen and oxygen atoms in total. The highest BCUT2D eigenvalue weighted by Crippen LogP contribution is 2.61. The Hall–Kier alpha value is -5.36. The van der Waals surface area contributed by atoms with Gasteiger partial charge in [-0.1, -0.05) is 84.9 Å². The van der Waals surface area contributed by atoms with Gasteiger partial charge < -0.3 is 10.2 Å². The molecule has 2 aliphatic carbocycles. The normalized spacial score (nSPS) is 19.5. The lowest BCUT2D eigenvalue weighted by Crippen LogP contribution is -2.40. The van der Waals surface area contributed by atoms with E-state index in [9.17, 15) is 19.8 Å². The van der Waals surface area contributed by atoms with Crippen molar-refractivity contribution < 1.29 is 19.8 Å². The van der Waals surface area contributed by atoms with Gasteiger partial charge in [0.25, 0.3) is 0 Å². The summed E-state index contributed by atoms with van der Waals surface area (Å²) in [5.74, 6) is -1.91. The van der Waals surface area contributed by atoms with Crippen LogP contribution in [-0.4, -0.2) is 32.1 Å². The third-order valence-electron chi connectivity index (χ3n) is 9.38. The van der Waals surface area contributed by atoms with E-state index in [4.69, 9.17) is 9.97 Å². The Labute approximate surface area is 247 Å². The standard InChI is InChI=1S/C37H26N2O4/c40-32(41)19-36(26-13-5-3-11-24(26)34-28(36)17-22-9-1-7-15-30(22)38-34)21-37(20-33(42)43)27-14-6-4-12-25(27)35-29(37)18-23-10-2-8-16-31(23)39-35/h1-18H,19-21H2,(H,40,41)(H,42,43). The molecule has 0 saturated heterocycles. The fourth-order valence-corrected chi connectivity index (χ4v) is 7.79. The minimum Gasteiger partial charge on any atom is -0.481 e. The molecular weight excluding hydrogens is 536 g/mol. The summed E-state index contributed by atoms with van der Waals surface area (Å²) in [6, 6.07) is 35.5. The zero-order valence-electron chi connectivity index (χ0n) is 23.1. The highest BCUT2D eigenvalue weighted by atomic mass is 16.4. The summed E-state index contributed by atoms with van der Waals surface area (Å²) in [4.78, 5) is 35.9. The first kappa shape index (κ1) is 25.4. The van der Waals surface area contributed by atoms with E-state index in [0.717, 1.165) is 66.6 Å². The van der Waals surface area contributed by atoms with E-state index in [-0.39, 0.29) is 19.3 Å². The van der Waals surface area contributed by atoms with E-state index >= 15 is 0 Å². The monoisotopic (exact) mass is 562 g/mol. The SMILES string of the molecule is O=C(O)CC1(CC2(CC(=O)O)c3ccccc3-c3nc4ccccc4cc32)c2ccccc2-c2nc3ccccc3cc21. The minimum absolute atomic E-state index is 0.211. The van der Waals surface area contributed by atoms with Gasteiger partial charge >= 0.3 is 11.9 Å². The molecule has 6 aromatic rings. The van der Waals surface area contributed by atoms with Crippen LogP contribution in [0.15, 0.2) is 109 Å². The van der Waals surface area contributed by atoms with Crippen molar-refractivity contribution in [1.29, 1.82) is 0 Å². The number of carbonyl (C=O) groups is 2. The van der Waals surface area contributed by atoms with Crippen LogP contribution in [0.1, 0.15) is 41.5 Å². The van der Waals surface area contributed by atoms with Crippen LogP contribution in [0.5, 0.6) is 0 Å². The molecule has 2 aromatic heterocycles. The van der Waals surface area contributed by atoms with Gasteiger partial charge in [-0.2, -0.15) is 0 Å². The van der Waals surface area contributed by atoms with Crippen LogP contribution >= 0.6 is 0 Å². The number of aliphatic carboxylic acids is 2. The number of nitrogens with zero attached hydrogens (tertiary/aromatic N) is 2. The van der Waals surface area contributed by atoms with Crippen molar-refractivity contribution in [2.45, 2.75) is 30.1 Å². The van der Waals surface area contributed by atoms with Crippen LogP contribution < -0.4 is 0 Å². The van der Waals surface area contributed by atoms with Crippen LogP contribution in [0.4, 0.5) is 0 Å². The lowest BCUT2D eigenvalue weighted by molar-refractivity contribution is -0.138. The number of hydrogen-bond acceptors (Lipinski definition) is 4. The fourth-order valence-electron chi connectivity index (χ4n) is 7.79. The van der Waals surface area contributed by atoms with E-state index in [1.165, 1.54) is 0 Å². The number of benzene rings is 4. The molecule has 2 unspecified atom stereocenters. The van der Waals surface area contributed by atoms with Crippen molar-refractivity contribution in [2.24, 2.45) is 0 Å². The molecule has 8 rings (SSSR count). The molecule has 2 N–H and O–H groups in total. The Balaban J connectivity index is 1.48. The van der Waals surface area contributed by atoms with Gasteiger partial charge in [-0.25, -0.2) is 9.97 Å². The molecule has 0 bridgehead atoms. The van der Waals surface area contributed by atoms with Crippen LogP contribution in [0, 0.1) is 0 Å². The molecule has 0 aliphatic heterocycles. The highest BCUT2D eigenvalue weighted by Gasteiger charge is 2.55. The molecule has 0 radical (unpaired) electrons. The van der Waals surface area contributed by atoms with Crippen molar-refractivity contribution >= 4 is 33.7 Å². The molecule has 2 atom stereocenters. The highest BCUT2D eigenvalue weighted by molar-refractivity contribution is 5.92. The molecule has 0 spiro atoms. The molecule has 0 amide bonds. The number of carboxylic acids is 2. The topological polar surface area (TPSA) is 100 Å². The fraction of sp³-hybridized carbons (Fsp3) is 0.135. The second-order valence-electron chi connectivity index (χ2n) is 11.7. The number of carboxylic acid groups (broad SMARTS) is 2. The number of fused-ring (bicyclic) bond motifs is 8. The Morgan fingerprint density at radius 1 is 0.535 bits per heavy atom. The lowest BCUT2D eigenvalue weighted by Gasteiger charge is -2.41. The van der Waals surface area contributed by atoms with E-state index in [2.05, 4.69) is 12.1 Å². The number of hydrogen-bond donors (Lipinski definition) is 2. The Bertz CT molecular complexity index is 2000. The summed E-state index contributed by atoms with van der Waals surface area (Å²) in [7, 11) is 0. The predicted molar refractivity (Wildman–Crippen MR) is 165 cm³/mol. The molecule has 0 saturated carbocycles. The molecule has 4 aromatic carbocycles. The molecule has 208 valence electrons. The average molecular weight is 563 g/mol. The number of para-hydroxylation sites is 2. The minimum atomic E-state index is -1.05. The third kappa shape index (κ3) is 3.59. The maximum atomic E-state index is 12.9. The van der Waals surface area contributed by atoms with Gasteiger partial charge in [-0.15, -0.1) is 0 Å². The second kappa shape index (κ2) is 9.07.